The Morgan fingerprint density at radius 1 is 1.32 bits per heavy atom. The third-order valence-corrected chi connectivity index (χ3v) is 6.00. The van der Waals surface area contributed by atoms with Gasteiger partial charge in [0.1, 0.15) is 0 Å². The number of hydrogen-bond acceptors (Lipinski definition) is 4. The molecule has 5 heteroatoms. The summed E-state index contributed by atoms with van der Waals surface area (Å²) < 4.78 is 0. The van der Waals surface area contributed by atoms with Crippen molar-refractivity contribution >= 4 is 17.2 Å². The van der Waals surface area contributed by atoms with Crippen molar-refractivity contribution in [2.75, 3.05) is 40.8 Å². The molecule has 0 aromatic carbocycles. The van der Waals surface area contributed by atoms with Gasteiger partial charge in [0.2, 0.25) is 5.91 Å². The number of rotatable bonds is 4. The van der Waals surface area contributed by atoms with Crippen LogP contribution < -0.4 is 0 Å². The van der Waals surface area contributed by atoms with Gasteiger partial charge in [-0.15, -0.1) is 11.3 Å². The SMILES string of the molecule is CN(C)Cc1csc(CN2CCC3(CC2)CC(=O)N(C)C3)c1. The molecule has 0 radical (unpaired) electrons. The predicted molar refractivity (Wildman–Crippen MR) is 90.9 cm³/mol. The molecule has 2 aliphatic heterocycles. The third kappa shape index (κ3) is 3.53. The van der Waals surface area contributed by atoms with Gasteiger partial charge in [-0.3, -0.25) is 9.69 Å². The summed E-state index contributed by atoms with van der Waals surface area (Å²) in [5.74, 6) is 0.333. The van der Waals surface area contributed by atoms with E-state index in [9.17, 15) is 4.79 Å². The first-order valence-electron chi connectivity index (χ1n) is 8.13. The van der Waals surface area contributed by atoms with Crippen LogP contribution in [0, 0.1) is 5.41 Å². The number of amides is 1. The van der Waals surface area contributed by atoms with Gasteiger partial charge in [0.05, 0.1) is 0 Å². The number of likely N-dealkylation sites (tertiary alicyclic amines) is 2. The fourth-order valence-corrected chi connectivity index (χ4v) is 4.72. The summed E-state index contributed by atoms with van der Waals surface area (Å²) in [7, 11) is 6.17. The number of carbonyl (C=O) groups is 1. The zero-order valence-corrected chi connectivity index (χ0v) is 14.8. The maximum absolute atomic E-state index is 11.8. The van der Waals surface area contributed by atoms with Gasteiger partial charge in [-0.25, -0.2) is 0 Å². The number of nitrogens with zero attached hydrogens (tertiary/aromatic N) is 3. The third-order valence-electron chi connectivity index (χ3n) is 5.03. The van der Waals surface area contributed by atoms with Crippen molar-refractivity contribution in [3.05, 3.63) is 21.9 Å². The molecule has 2 saturated heterocycles. The topological polar surface area (TPSA) is 26.8 Å². The van der Waals surface area contributed by atoms with Gasteiger partial charge in [0, 0.05) is 38.0 Å². The zero-order chi connectivity index (χ0) is 15.7. The maximum Gasteiger partial charge on any atom is 0.222 e. The summed E-state index contributed by atoms with van der Waals surface area (Å²) in [5, 5.41) is 2.28. The van der Waals surface area contributed by atoms with E-state index in [-0.39, 0.29) is 5.41 Å². The molecule has 2 fully saturated rings. The monoisotopic (exact) mass is 321 g/mol. The molecule has 3 heterocycles. The van der Waals surface area contributed by atoms with Crippen LogP contribution in [0.1, 0.15) is 29.7 Å². The lowest BCUT2D eigenvalue weighted by molar-refractivity contribution is -0.126. The summed E-state index contributed by atoms with van der Waals surface area (Å²) in [6, 6.07) is 2.35. The minimum atomic E-state index is 0.272. The normalized spacial score (nSPS) is 22.2. The average Bonchev–Trinajstić information content (AvgIpc) is 2.98. The molecular formula is C17H27N3OS. The van der Waals surface area contributed by atoms with Crippen LogP contribution in [-0.2, 0) is 17.9 Å². The first-order valence-corrected chi connectivity index (χ1v) is 9.01. The smallest absolute Gasteiger partial charge is 0.222 e. The largest absolute Gasteiger partial charge is 0.345 e. The van der Waals surface area contributed by atoms with Gasteiger partial charge in [-0.2, -0.15) is 0 Å². The van der Waals surface area contributed by atoms with Crippen molar-refractivity contribution < 1.29 is 4.79 Å². The van der Waals surface area contributed by atoms with Crippen molar-refractivity contribution in [1.82, 2.24) is 14.7 Å². The highest BCUT2D eigenvalue weighted by molar-refractivity contribution is 7.10. The van der Waals surface area contributed by atoms with Crippen molar-refractivity contribution in [1.29, 1.82) is 0 Å². The number of carbonyl (C=O) groups excluding carboxylic acids is 1. The highest BCUT2D eigenvalue weighted by Gasteiger charge is 2.43. The standard InChI is InChI=1S/C17H27N3OS/c1-18(2)10-14-8-15(22-12-14)11-20-6-4-17(5-7-20)9-16(21)19(3)13-17/h8,12H,4-7,9-11,13H2,1-3H3. The summed E-state index contributed by atoms with van der Waals surface area (Å²) in [5.41, 5.74) is 1.69. The van der Waals surface area contributed by atoms with E-state index in [1.807, 2.05) is 23.3 Å². The van der Waals surface area contributed by atoms with Crippen LogP contribution in [0.4, 0.5) is 0 Å². The van der Waals surface area contributed by atoms with Gasteiger partial charge in [0.15, 0.2) is 0 Å². The Morgan fingerprint density at radius 3 is 2.64 bits per heavy atom. The van der Waals surface area contributed by atoms with Crippen molar-refractivity contribution in [3.8, 4) is 0 Å². The van der Waals surface area contributed by atoms with E-state index in [0.717, 1.165) is 39.1 Å². The molecule has 1 aromatic heterocycles. The molecule has 3 rings (SSSR count). The summed E-state index contributed by atoms with van der Waals surface area (Å²) in [4.78, 5) is 20.0. The number of hydrogen-bond donors (Lipinski definition) is 0. The van der Waals surface area contributed by atoms with E-state index < -0.39 is 0 Å². The molecule has 1 spiro atoms. The van der Waals surface area contributed by atoms with Crippen LogP contribution in [0.25, 0.3) is 0 Å². The predicted octanol–water partition coefficient (Wildman–Crippen LogP) is 2.25. The van der Waals surface area contributed by atoms with Crippen molar-refractivity contribution in [3.63, 3.8) is 0 Å². The van der Waals surface area contributed by atoms with Crippen molar-refractivity contribution in [2.24, 2.45) is 5.41 Å². The van der Waals surface area contributed by atoms with E-state index >= 15 is 0 Å². The Hall–Kier alpha value is -0.910. The molecular weight excluding hydrogens is 294 g/mol. The molecule has 0 aliphatic carbocycles. The van der Waals surface area contributed by atoms with Gasteiger partial charge >= 0.3 is 0 Å². The van der Waals surface area contributed by atoms with Crippen LogP contribution >= 0.6 is 11.3 Å². The minimum absolute atomic E-state index is 0.272. The minimum Gasteiger partial charge on any atom is -0.345 e. The van der Waals surface area contributed by atoms with Crippen LogP contribution in [-0.4, -0.2) is 61.4 Å². The Kier molecular flexibility index (Phi) is 4.57. The summed E-state index contributed by atoms with van der Waals surface area (Å²) in [6.07, 6.45) is 3.10. The summed E-state index contributed by atoms with van der Waals surface area (Å²) >= 11 is 1.88. The van der Waals surface area contributed by atoms with Crippen LogP contribution in [0.5, 0.6) is 0 Å². The van der Waals surface area contributed by atoms with Gasteiger partial charge < -0.3 is 9.80 Å². The molecule has 0 N–H and O–H groups in total. The van der Waals surface area contributed by atoms with Gasteiger partial charge in [-0.05, 0) is 62.5 Å². The lowest BCUT2D eigenvalue weighted by Gasteiger charge is -2.38. The second kappa shape index (κ2) is 6.30. The summed E-state index contributed by atoms with van der Waals surface area (Å²) in [6.45, 7) is 5.31. The van der Waals surface area contributed by atoms with E-state index in [0.29, 0.717) is 5.91 Å². The second-order valence-corrected chi connectivity index (χ2v) is 8.36. The molecule has 0 atom stereocenters. The van der Waals surface area contributed by atoms with Crippen LogP contribution in [0.3, 0.4) is 0 Å². The Labute approximate surface area is 137 Å². The Morgan fingerprint density at radius 2 is 2.05 bits per heavy atom. The first-order chi connectivity index (χ1) is 10.5. The van der Waals surface area contributed by atoms with E-state index in [2.05, 4.69) is 35.3 Å². The molecule has 122 valence electrons. The molecule has 1 amide bonds. The van der Waals surface area contributed by atoms with E-state index in [1.165, 1.54) is 23.3 Å². The van der Waals surface area contributed by atoms with Gasteiger partial charge in [0.25, 0.3) is 0 Å². The van der Waals surface area contributed by atoms with Gasteiger partial charge in [-0.1, -0.05) is 0 Å². The highest BCUT2D eigenvalue weighted by atomic mass is 32.1. The lowest BCUT2D eigenvalue weighted by Crippen LogP contribution is -2.40. The number of thiophene rings is 1. The Balaban J connectivity index is 1.52. The zero-order valence-electron chi connectivity index (χ0n) is 14.0. The molecule has 1 aromatic rings. The number of piperidine rings is 1. The van der Waals surface area contributed by atoms with Crippen LogP contribution in [0.2, 0.25) is 0 Å². The quantitative estimate of drug-likeness (QED) is 0.851. The fourth-order valence-electron chi connectivity index (χ4n) is 3.80. The van der Waals surface area contributed by atoms with Crippen LogP contribution in [0.15, 0.2) is 11.4 Å². The molecule has 0 saturated carbocycles. The van der Waals surface area contributed by atoms with E-state index in [4.69, 9.17) is 0 Å². The highest BCUT2D eigenvalue weighted by Crippen LogP contribution is 2.40. The molecule has 0 bridgehead atoms. The average molecular weight is 321 g/mol. The second-order valence-electron chi connectivity index (χ2n) is 7.36. The Bertz CT molecular complexity index is 532. The maximum atomic E-state index is 11.8. The fraction of sp³-hybridized carbons (Fsp3) is 0.706. The molecule has 0 unspecified atom stereocenters. The lowest BCUT2D eigenvalue weighted by atomic mass is 9.77. The molecule has 4 nitrogen and oxygen atoms in total. The first kappa shape index (κ1) is 16.0. The molecule has 2 aliphatic rings. The van der Waals surface area contributed by atoms with Crippen molar-refractivity contribution in [2.45, 2.75) is 32.4 Å². The molecule has 22 heavy (non-hydrogen) atoms. The van der Waals surface area contributed by atoms with E-state index in [1.54, 1.807) is 0 Å².